The minimum atomic E-state index is -0.279. The summed E-state index contributed by atoms with van der Waals surface area (Å²) < 4.78 is 11.8. The Labute approximate surface area is 123 Å². The fourth-order valence-electron chi connectivity index (χ4n) is 1.38. The van der Waals surface area contributed by atoms with E-state index < -0.39 is 0 Å². The maximum Gasteiger partial charge on any atom is 0.319 e. The van der Waals surface area contributed by atoms with E-state index in [1.165, 1.54) is 7.11 Å². The molecule has 0 spiro atoms. The molecule has 0 aromatic heterocycles. The second-order valence-electron chi connectivity index (χ2n) is 3.50. The van der Waals surface area contributed by atoms with Gasteiger partial charge < -0.3 is 14.8 Å². The zero-order valence-corrected chi connectivity index (χ0v) is 13.4. The van der Waals surface area contributed by atoms with Gasteiger partial charge in [0.05, 0.1) is 29.2 Å². The van der Waals surface area contributed by atoms with Crippen molar-refractivity contribution in [2.45, 2.75) is 13.5 Å². The number of hydrogen-bond acceptors (Lipinski definition) is 4. The van der Waals surface area contributed by atoms with Crippen molar-refractivity contribution in [3.05, 3.63) is 26.6 Å². The average Bonchev–Trinajstić information content (AvgIpc) is 2.33. The molecule has 0 radical (unpaired) electrons. The van der Waals surface area contributed by atoms with Crippen LogP contribution < -0.4 is 10.1 Å². The lowest BCUT2D eigenvalue weighted by Crippen LogP contribution is -2.23. The number of rotatable bonds is 6. The van der Waals surface area contributed by atoms with Crippen LogP contribution in [0.15, 0.2) is 21.1 Å². The van der Waals surface area contributed by atoms with Crippen LogP contribution in [0.2, 0.25) is 0 Å². The van der Waals surface area contributed by atoms with Crippen LogP contribution in [0, 0.1) is 0 Å². The summed E-state index contributed by atoms with van der Waals surface area (Å²) in [6, 6.07) is 3.92. The first-order valence-corrected chi connectivity index (χ1v) is 7.05. The lowest BCUT2D eigenvalue weighted by Gasteiger charge is -2.11. The second kappa shape index (κ2) is 7.76. The van der Waals surface area contributed by atoms with Gasteiger partial charge in [0.25, 0.3) is 0 Å². The Balaban J connectivity index is 2.65. The zero-order chi connectivity index (χ0) is 13.5. The Kier molecular flexibility index (Phi) is 6.67. The zero-order valence-electron chi connectivity index (χ0n) is 10.3. The molecule has 0 aliphatic carbocycles. The third-order valence-electron chi connectivity index (χ3n) is 2.17. The van der Waals surface area contributed by atoms with Crippen LogP contribution in [-0.2, 0) is 16.1 Å². The van der Waals surface area contributed by atoms with E-state index in [9.17, 15) is 4.79 Å². The van der Waals surface area contributed by atoms with E-state index in [1.807, 2.05) is 19.1 Å². The van der Waals surface area contributed by atoms with Crippen molar-refractivity contribution in [3.63, 3.8) is 0 Å². The molecule has 0 atom stereocenters. The van der Waals surface area contributed by atoms with Crippen LogP contribution in [0.4, 0.5) is 0 Å². The van der Waals surface area contributed by atoms with Gasteiger partial charge in [0.15, 0.2) is 0 Å². The Morgan fingerprint density at radius 1 is 1.33 bits per heavy atom. The van der Waals surface area contributed by atoms with Crippen molar-refractivity contribution in [2.24, 2.45) is 0 Å². The van der Waals surface area contributed by atoms with E-state index in [1.54, 1.807) is 0 Å². The van der Waals surface area contributed by atoms with Crippen molar-refractivity contribution in [3.8, 4) is 5.75 Å². The molecule has 0 amide bonds. The van der Waals surface area contributed by atoms with Gasteiger partial charge in [-0.25, -0.2) is 0 Å². The van der Waals surface area contributed by atoms with Crippen molar-refractivity contribution in [2.75, 3.05) is 20.3 Å². The Morgan fingerprint density at radius 2 is 1.94 bits per heavy atom. The van der Waals surface area contributed by atoms with Crippen LogP contribution in [-0.4, -0.2) is 26.2 Å². The highest BCUT2D eigenvalue weighted by Gasteiger charge is 2.08. The highest BCUT2D eigenvalue weighted by Crippen LogP contribution is 2.34. The molecule has 6 heteroatoms. The number of carbonyl (C=O) groups is 1. The minimum Gasteiger partial charge on any atom is -0.492 e. The summed E-state index contributed by atoms with van der Waals surface area (Å²) >= 11 is 6.92. The average molecular weight is 381 g/mol. The van der Waals surface area contributed by atoms with Gasteiger partial charge in [-0.3, -0.25) is 4.79 Å². The normalized spacial score (nSPS) is 10.2. The number of hydrogen-bond donors (Lipinski definition) is 1. The Bertz CT molecular complexity index is 401. The van der Waals surface area contributed by atoms with Crippen molar-refractivity contribution >= 4 is 37.8 Å². The summed E-state index contributed by atoms with van der Waals surface area (Å²) in [4.78, 5) is 11.0. The van der Waals surface area contributed by atoms with Crippen LogP contribution in [0.5, 0.6) is 5.75 Å². The number of benzene rings is 1. The topological polar surface area (TPSA) is 47.6 Å². The summed E-state index contributed by atoms with van der Waals surface area (Å²) in [5.74, 6) is 0.508. The fourth-order valence-corrected chi connectivity index (χ4v) is 2.89. The summed E-state index contributed by atoms with van der Waals surface area (Å²) in [7, 11) is 1.37. The second-order valence-corrected chi connectivity index (χ2v) is 5.21. The monoisotopic (exact) mass is 379 g/mol. The fraction of sp³-hybridized carbons (Fsp3) is 0.417. The molecule has 18 heavy (non-hydrogen) atoms. The van der Waals surface area contributed by atoms with Crippen molar-refractivity contribution in [1.82, 2.24) is 5.32 Å². The van der Waals surface area contributed by atoms with Crippen LogP contribution >= 0.6 is 31.9 Å². The summed E-state index contributed by atoms with van der Waals surface area (Å²) in [6.07, 6.45) is 0. The van der Waals surface area contributed by atoms with Gasteiger partial charge in [0, 0.05) is 6.54 Å². The molecule has 1 rings (SSSR count). The van der Waals surface area contributed by atoms with E-state index >= 15 is 0 Å². The lowest BCUT2D eigenvalue weighted by molar-refractivity contribution is -0.139. The number of ether oxygens (including phenoxy) is 2. The lowest BCUT2D eigenvalue weighted by atomic mass is 10.2. The smallest absolute Gasteiger partial charge is 0.319 e. The third kappa shape index (κ3) is 4.59. The van der Waals surface area contributed by atoms with Crippen molar-refractivity contribution in [1.29, 1.82) is 0 Å². The number of esters is 1. The van der Waals surface area contributed by atoms with E-state index in [4.69, 9.17) is 4.74 Å². The maximum atomic E-state index is 11.0. The van der Waals surface area contributed by atoms with Crippen LogP contribution in [0.3, 0.4) is 0 Å². The van der Waals surface area contributed by atoms with Gasteiger partial charge in [-0.2, -0.15) is 0 Å². The predicted molar refractivity (Wildman–Crippen MR) is 76.7 cm³/mol. The first kappa shape index (κ1) is 15.5. The molecule has 0 saturated carbocycles. The third-order valence-corrected chi connectivity index (χ3v) is 3.35. The molecule has 4 nitrogen and oxygen atoms in total. The molecular weight excluding hydrogens is 366 g/mol. The Morgan fingerprint density at radius 3 is 2.44 bits per heavy atom. The largest absolute Gasteiger partial charge is 0.492 e. The minimum absolute atomic E-state index is 0.193. The number of nitrogens with one attached hydrogen (secondary N) is 1. The van der Waals surface area contributed by atoms with E-state index in [0.29, 0.717) is 13.2 Å². The summed E-state index contributed by atoms with van der Waals surface area (Å²) in [6.45, 7) is 3.32. The van der Waals surface area contributed by atoms with Gasteiger partial charge in [0.2, 0.25) is 0 Å². The first-order valence-electron chi connectivity index (χ1n) is 5.46. The highest BCUT2D eigenvalue weighted by molar-refractivity contribution is 9.11. The van der Waals surface area contributed by atoms with E-state index in [0.717, 1.165) is 20.3 Å². The molecular formula is C12H15Br2NO3. The predicted octanol–water partition coefficient (Wildman–Crippen LogP) is 2.87. The van der Waals surface area contributed by atoms with Gasteiger partial charge in [0.1, 0.15) is 5.75 Å². The number of methoxy groups -OCH3 is 1. The molecule has 1 aromatic carbocycles. The Hall–Kier alpha value is -0.590. The van der Waals surface area contributed by atoms with E-state index in [-0.39, 0.29) is 12.5 Å². The first-order chi connectivity index (χ1) is 8.58. The van der Waals surface area contributed by atoms with Gasteiger partial charge in [-0.15, -0.1) is 0 Å². The summed E-state index contributed by atoms with van der Waals surface area (Å²) in [5.41, 5.74) is 1.04. The van der Waals surface area contributed by atoms with Crippen LogP contribution in [0.1, 0.15) is 12.5 Å². The molecule has 0 heterocycles. The summed E-state index contributed by atoms with van der Waals surface area (Å²) in [5, 5.41) is 3.00. The number of carbonyl (C=O) groups excluding carboxylic acids is 1. The highest BCUT2D eigenvalue weighted by atomic mass is 79.9. The van der Waals surface area contributed by atoms with Gasteiger partial charge in [-0.05, 0) is 56.5 Å². The quantitative estimate of drug-likeness (QED) is 0.771. The molecule has 0 aliphatic rings. The molecule has 0 unspecified atom stereocenters. The SMILES string of the molecule is CCOc1c(Br)cc(CNCC(=O)OC)cc1Br. The molecule has 0 saturated heterocycles. The van der Waals surface area contributed by atoms with Gasteiger partial charge >= 0.3 is 5.97 Å². The molecule has 100 valence electrons. The molecule has 1 aromatic rings. The molecule has 1 N–H and O–H groups in total. The standard InChI is InChI=1S/C12H15Br2NO3/c1-3-18-12-9(13)4-8(5-10(12)14)6-15-7-11(16)17-2/h4-5,15H,3,6-7H2,1-2H3. The van der Waals surface area contributed by atoms with E-state index in [2.05, 4.69) is 41.9 Å². The van der Waals surface area contributed by atoms with Crippen molar-refractivity contribution < 1.29 is 14.3 Å². The maximum absolute atomic E-state index is 11.0. The van der Waals surface area contributed by atoms with Gasteiger partial charge in [-0.1, -0.05) is 0 Å². The molecule has 0 fully saturated rings. The van der Waals surface area contributed by atoms with Crippen LogP contribution in [0.25, 0.3) is 0 Å². The molecule has 0 aliphatic heterocycles. The molecule has 0 bridgehead atoms. The number of halogens is 2.